The van der Waals surface area contributed by atoms with Crippen LogP contribution in [0, 0.1) is 6.92 Å². The fourth-order valence-corrected chi connectivity index (χ4v) is 6.67. The molecule has 2 aliphatic rings. The third-order valence-electron chi connectivity index (χ3n) is 4.41. The molecule has 0 saturated carbocycles. The third kappa shape index (κ3) is 3.82. The van der Waals surface area contributed by atoms with E-state index >= 15 is 0 Å². The predicted octanol–water partition coefficient (Wildman–Crippen LogP) is 1.38. The van der Waals surface area contributed by atoms with Gasteiger partial charge in [-0.05, 0) is 12.5 Å². The van der Waals surface area contributed by atoms with Gasteiger partial charge in [-0.1, -0.05) is 34.7 Å². The number of aliphatic carboxylic acids is 1. The Kier molecular flexibility index (Phi) is 5.79. The number of carboxylic acid groups (broad SMARTS) is 1. The quantitative estimate of drug-likeness (QED) is 0.459. The van der Waals surface area contributed by atoms with Gasteiger partial charge in [-0.2, -0.15) is 5.10 Å². The summed E-state index contributed by atoms with van der Waals surface area (Å²) in [6.45, 7) is 1.84. The number of hydrogen-bond acceptors (Lipinski definition) is 9. The average Bonchev–Trinajstić information content (AvgIpc) is 3.27. The Morgan fingerprint density at radius 2 is 2.20 bits per heavy atom. The van der Waals surface area contributed by atoms with Crippen LogP contribution in [-0.4, -0.2) is 70.7 Å². The van der Waals surface area contributed by atoms with Crippen molar-refractivity contribution in [3.8, 4) is 0 Å². The van der Waals surface area contributed by atoms with Crippen LogP contribution in [0.4, 0.5) is 0 Å². The number of β-lactam (4-membered cyclic amide) rings is 1. The van der Waals surface area contributed by atoms with Crippen molar-refractivity contribution in [1.82, 2.24) is 30.2 Å². The van der Waals surface area contributed by atoms with Crippen molar-refractivity contribution in [2.75, 3.05) is 11.5 Å². The van der Waals surface area contributed by atoms with Crippen LogP contribution in [0.3, 0.4) is 0 Å². The van der Waals surface area contributed by atoms with Crippen molar-refractivity contribution in [3.63, 3.8) is 0 Å². The highest BCUT2D eigenvalue weighted by atomic mass is 35.5. The number of hydrogen-bond donors (Lipinski definition) is 2. The van der Waals surface area contributed by atoms with Crippen LogP contribution >= 0.6 is 46.5 Å². The normalized spacial score (nSPS) is 20.8. The van der Waals surface area contributed by atoms with Gasteiger partial charge in [0.15, 0.2) is 10.0 Å². The molecule has 0 aliphatic carbocycles. The van der Waals surface area contributed by atoms with E-state index in [0.717, 1.165) is 9.35 Å². The molecule has 2 aromatic rings. The van der Waals surface area contributed by atoms with Gasteiger partial charge in [0.05, 0.1) is 5.02 Å². The van der Waals surface area contributed by atoms with E-state index in [1.54, 1.807) is 7.05 Å². The summed E-state index contributed by atoms with van der Waals surface area (Å²) < 4.78 is 2.14. The summed E-state index contributed by atoms with van der Waals surface area (Å²) in [6, 6.07) is -0.838. The molecule has 4 rings (SSSR count). The number of carboxylic acids is 1. The Morgan fingerprint density at radius 1 is 1.43 bits per heavy atom. The minimum Gasteiger partial charge on any atom is -0.477 e. The highest BCUT2D eigenvalue weighted by Crippen LogP contribution is 2.41. The van der Waals surface area contributed by atoms with Crippen LogP contribution in [0.1, 0.15) is 15.5 Å². The van der Waals surface area contributed by atoms with Crippen molar-refractivity contribution in [3.05, 3.63) is 33.2 Å². The summed E-state index contributed by atoms with van der Waals surface area (Å²) in [5.74, 6) is -1.40. The van der Waals surface area contributed by atoms with E-state index in [-0.39, 0.29) is 16.4 Å². The number of thioether (sulfide) groups is 2. The molecular weight excluding hydrogens is 472 g/mol. The van der Waals surface area contributed by atoms with Gasteiger partial charge < -0.3 is 10.4 Å². The molecule has 0 bridgehead atoms. The molecule has 0 unspecified atom stereocenters. The van der Waals surface area contributed by atoms with Gasteiger partial charge in [0, 0.05) is 24.8 Å². The number of halogens is 1. The van der Waals surface area contributed by atoms with Crippen LogP contribution in [0.15, 0.2) is 21.8 Å². The van der Waals surface area contributed by atoms with E-state index in [1.807, 2.05) is 6.92 Å². The molecule has 2 amide bonds. The number of nitrogens with one attached hydrogen (secondary N) is 1. The lowest BCUT2D eigenvalue weighted by atomic mass is 10.0. The van der Waals surface area contributed by atoms with Crippen LogP contribution < -0.4 is 5.32 Å². The molecule has 0 radical (unpaired) electrons. The zero-order chi connectivity index (χ0) is 21.6. The average molecular weight is 487 g/mol. The Morgan fingerprint density at radius 3 is 2.80 bits per heavy atom. The molecule has 2 atom stereocenters. The van der Waals surface area contributed by atoms with E-state index in [2.05, 4.69) is 20.6 Å². The zero-order valence-corrected chi connectivity index (χ0v) is 18.9. The summed E-state index contributed by atoms with van der Waals surface area (Å²) in [5, 5.41) is 24.8. The highest BCUT2D eigenvalue weighted by molar-refractivity contribution is 8.01. The smallest absolute Gasteiger partial charge is 0.352 e. The minimum atomic E-state index is -1.17. The third-order valence-corrected chi connectivity index (χ3v) is 8.09. The van der Waals surface area contributed by atoms with Crippen LogP contribution in [0.25, 0.3) is 0 Å². The van der Waals surface area contributed by atoms with Crippen molar-refractivity contribution in [1.29, 1.82) is 0 Å². The molecule has 1 fully saturated rings. The first-order valence-corrected chi connectivity index (χ1v) is 11.8. The Hall–Kier alpha value is -2.09. The fraction of sp³-hybridized carbons (Fsp3) is 0.375. The highest BCUT2D eigenvalue weighted by Gasteiger charge is 2.54. The fourth-order valence-electron chi connectivity index (χ4n) is 3.10. The molecule has 2 N–H and O–H groups in total. The van der Waals surface area contributed by atoms with E-state index in [1.165, 1.54) is 50.6 Å². The first-order chi connectivity index (χ1) is 14.3. The molecule has 30 heavy (non-hydrogen) atoms. The predicted molar refractivity (Wildman–Crippen MR) is 113 cm³/mol. The Balaban J connectivity index is 1.49. The number of aryl methyl sites for hydroxylation is 2. The lowest BCUT2D eigenvalue weighted by Crippen LogP contribution is -2.70. The number of rotatable bonds is 6. The van der Waals surface area contributed by atoms with Gasteiger partial charge in [-0.3, -0.25) is 19.2 Å². The van der Waals surface area contributed by atoms with Gasteiger partial charge in [0.25, 0.3) is 11.8 Å². The van der Waals surface area contributed by atoms with Crippen LogP contribution in [0.2, 0.25) is 5.02 Å². The second kappa shape index (κ2) is 8.21. The molecule has 10 nitrogen and oxygen atoms in total. The number of aromatic nitrogens is 4. The Labute approximate surface area is 188 Å². The summed E-state index contributed by atoms with van der Waals surface area (Å²) >= 11 is 10.2. The number of carbonyl (C=O) groups is 3. The molecule has 2 aromatic heterocycles. The largest absolute Gasteiger partial charge is 0.477 e. The summed E-state index contributed by atoms with van der Waals surface area (Å²) in [6.07, 6.45) is 1.48. The molecule has 4 heterocycles. The molecule has 0 spiro atoms. The Bertz CT molecular complexity index is 1080. The summed E-state index contributed by atoms with van der Waals surface area (Å²) in [5.41, 5.74) is 0.621. The van der Waals surface area contributed by atoms with Crippen LogP contribution in [0.5, 0.6) is 0 Å². The zero-order valence-electron chi connectivity index (χ0n) is 15.7. The van der Waals surface area contributed by atoms with Gasteiger partial charge in [0.2, 0.25) is 0 Å². The molecule has 1 saturated heterocycles. The lowest BCUT2D eigenvalue weighted by Gasteiger charge is -2.49. The van der Waals surface area contributed by atoms with Crippen molar-refractivity contribution < 1.29 is 19.5 Å². The second-order valence-electron chi connectivity index (χ2n) is 6.49. The minimum absolute atomic E-state index is 0.0182. The topological polar surface area (TPSA) is 130 Å². The standard InChI is InChI=1S/C16H15ClN6O4S3/c1-6-19-20-16(30-6)29-5-7-4-28-14-10(13(25)23(14)11(7)15(26)27)18-12(24)9-8(17)3-22(2)21-9/h3,10,14H,4-5H2,1-2H3,(H,18,24)(H,26,27)/t10-,14+/m1/s1. The number of fused-ring (bicyclic) bond motifs is 1. The van der Waals surface area contributed by atoms with Gasteiger partial charge in [-0.25, -0.2) is 4.79 Å². The first kappa shape index (κ1) is 21.2. The number of nitrogens with zero attached hydrogens (tertiary/aromatic N) is 5. The maximum Gasteiger partial charge on any atom is 0.352 e. The van der Waals surface area contributed by atoms with Crippen LogP contribution in [-0.2, 0) is 16.6 Å². The van der Waals surface area contributed by atoms with E-state index in [0.29, 0.717) is 17.1 Å². The molecule has 2 aliphatic heterocycles. The maximum atomic E-state index is 12.7. The monoisotopic (exact) mass is 486 g/mol. The summed E-state index contributed by atoms with van der Waals surface area (Å²) in [4.78, 5) is 38.3. The molecular formula is C16H15ClN6O4S3. The lowest BCUT2D eigenvalue weighted by molar-refractivity contribution is -0.148. The molecule has 0 aromatic carbocycles. The van der Waals surface area contributed by atoms with Gasteiger partial charge in [0.1, 0.15) is 22.1 Å². The van der Waals surface area contributed by atoms with Crippen molar-refractivity contribution in [2.45, 2.75) is 22.7 Å². The molecule has 14 heteroatoms. The molecule has 158 valence electrons. The van der Waals surface area contributed by atoms with Gasteiger partial charge >= 0.3 is 5.97 Å². The van der Waals surface area contributed by atoms with Gasteiger partial charge in [-0.15, -0.1) is 22.0 Å². The van der Waals surface area contributed by atoms with E-state index < -0.39 is 29.2 Å². The number of carbonyl (C=O) groups excluding carboxylic acids is 2. The number of amides is 2. The van der Waals surface area contributed by atoms with Crippen molar-refractivity contribution in [2.24, 2.45) is 7.05 Å². The van der Waals surface area contributed by atoms with E-state index in [9.17, 15) is 19.5 Å². The first-order valence-electron chi connectivity index (χ1n) is 8.59. The van der Waals surface area contributed by atoms with Crippen molar-refractivity contribution >= 4 is 64.2 Å². The summed E-state index contributed by atoms with van der Waals surface area (Å²) in [7, 11) is 1.63. The second-order valence-corrected chi connectivity index (χ2v) is 10.4. The van der Waals surface area contributed by atoms with E-state index in [4.69, 9.17) is 11.6 Å². The SMILES string of the molecule is Cc1nnc(SCC2=C(C(=O)O)N3C(=O)[C@@H](NC(=O)c4nn(C)cc4Cl)[C@@H]3SC2)s1. The maximum absolute atomic E-state index is 12.7.